The molecule has 0 aromatic heterocycles. The van der Waals surface area contributed by atoms with Gasteiger partial charge in [-0.05, 0) is 31.0 Å². The van der Waals surface area contributed by atoms with E-state index in [1.54, 1.807) is 0 Å². The molecule has 4 nitrogen and oxygen atoms in total. The van der Waals surface area contributed by atoms with E-state index in [2.05, 4.69) is 17.6 Å². The third-order valence-corrected chi connectivity index (χ3v) is 3.50. The number of aliphatic hydroxyl groups excluding tert-OH is 1. The van der Waals surface area contributed by atoms with Gasteiger partial charge in [-0.15, -0.1) is 0 Å². The molecule has 1 amide bonds. The first-order valence-corrected chi connectivity index (χ1v) is 6.63. The van der Waals surface area contributed by atoms with E-state index >= 15 is 0 Å². The minimum absolute atomic E-state index is 0.0750. The topological polar surface area (TPSA) is 61.4 Å². The van der Waals surface area contributed by atoms with Crippen LogP contribution in [0.25, 0.3) is 0 Å². The second-order valence-corrected chi connectivity index (χ2v) is 5.39. The summed E-state index contributed by atoms with van der Waals surface area (Å²) in [7, 11) is 0. The smallest absolute Gasteiger partial charge is 0.221 e. The predicted octanol–water partition coefficient (Wildman–Crippen LogP) is 2.77. The van der Waals surface area contributed by atoms with Crippen LogP contribution in [0.3, 0.4) is 0 Å². The van der Waals surface area contributed by atoms with Gasteiger partial charge in [-0.3, -0.25) is 4.79 Å². The third-order valence-electron chi connectivity index (χ3n) is 3.50. The summed E-state index contributed by atoms with van der Waals surface area (Å²) in [6, 6.07) is 5.87. The van der Waals surface area contributed by atoms with Crippen molar-refractivity contribution in [2.24, 2.45) is 5.41 Å². The average Bonchev–Trinajstić information content (AvgIpc) is 2.39. The Morgan fingerprint density at radius 3 is 2.63 bits per heavy atom. The number of aliphatic hydroxyl groups is 1. The molecule has 0 aliphatic carbocycles. The van der Waals surface area contributed by atoms with E-state index in [0.29, 0.717) is 6.54 Å². The molecular formula is C15H24N2O2. The lowest BCUT2D eigenvalue weighted by molar-refractivity contribution is -0.114. The fourth-order valence-electron chi connectivity index (χ4n) is 1.66. The molecular weight excluding hydrogens is 240 g/mol. The lowest BCUT2D eigenvalue weighted by Crippen LogP contribution is -2.29. The van der Waals surface area contributed by atoms with Crippen molar-refractivity contribution in [3.05, 3.63) is 23.8 Å². The second kappa shape index (κ2) is 6.57. The van der Waals surface area contributed by atoms with Crippen molar-refractivity contribution in [1.29, 1.82) is 0 Å². The van der Waals surface area contributed by atoms with Crippen LogP contribution in [-0.4, -0.2) is 24.2 Å². The minimum Gasteiger partial charge on any atom is -0.396 e. The highest BCUT2D eigenvalue weighted by Crippen LogP contribution is 2.24. The normalized spacial score (nSPS) is 13.7. The monoisotopic (exact) mass is 264 g/mol. The van der Waals surface area contributed by atoms with Gasteiger partial charge in [-0.25, -0.2) is 0 Å². The number of anilines is 2. The molecule has 0 saturated carbocycles. The van der Waals surface area contributed by atoms with Crippen molar-refractivity contribution < 1.29 is 9.90 Å². The first-order valence-electron chi connectivity index (χ1n) is 6.63. The molecule has 0 aliphatic rings. The number of rotatable bonds is 6. The highest BCUT2D eigenvalue weighted by molar-refractivity contribution is 5.90. The maximum atomic E-state index is 11.1. The van der Waals surface area contributed by atoms with Gasteiger partial charge in [0.1, 0.15) is 0 Å². The summed E-state index contributed by atoms with van der Waals surface area (Å²) in [5, 5.41) is 15.5. The van der Waals surface area contributed by atoms with Crippen LogP contribution in [0.15, 0.2) is 18.2 Å². The van der Waals surface area contributed by atoms with Crippen LogP contribution < -0.4 is 10.6 Å². The zero-order chi connectivity index (χ0) is 14.5. The molecule has 0 aliphatic heterocycles. The van der Waals surface area contributed by atoms with Gasteiger partial charge in [0.2, 0.25) is 5.91 Å². The maximum Gasteiger partial charge on any atom is 0.221 e. The Morgan fingerprint density at radius 1 is 1.42 bits per heavy atom. The Morgan fingerprint density at radius 2 is 2.11 bits per heavy atom. The summed E-state index contributed by atoms with van der Waals surface area (Å²) in [4.78, 5) is 11.1. The zero-order valence-corrected chi connectivity index (χ0v) is 12.2. The molecule has 4 heteroatoms. The number of hydrogen-bond acceptors (Lipinski definition) is 3. The summed E-state index contributed by atoms with van der Waals surface area (Å²) in [5.74, 6) is -0.0750. The largest absolute Gasteiger partial charge is 0.396 e. The van der Waals surface area contributed by atoms with E-state index < -0.39 is 0 Å². The summed E-state index contributed by atoms with van der Waals surface area (Å²) in [6.07, 6.45) is 0.904. The number of aryl methyl sites for hydroxylation is 1. The number of benzene rings is 1. The first kappa shape index (κ1) is 15.5. The Kier molecular flexibility index (Phi) is 5.36. The number of amides is 1. The van der Waals surface area contributed by atoms with Crippen molar-refractivity contribution in [2.75, 3.05) is 23.8 Å². The Hall–Kier alpha value is -1.55. The number of hydrogen-bond donors (Lipinski definition) is 3. The van der Waals surface area contributed by atoms with E-state index in [1.165, 1.54) is 6.92 Å². The van der Waals surface area contributed by atoms with Crippen LogP contribution in [0.5, 0.6) is 0 Å². The molecule has 1 rings (SSSR count). The van der Waals surface area contributed by atoms with Gasteiger partial charge in [0.15, 0.2) is 0 Å². The van der Waals surface area contributed by atoms with Crippen LogP contribution in [0.4, 0.5) is 11.4 Å². The Bertz CT molecular complexity index is 440. The van der Waals surface area contributed by atoms with Crippen molar-refractivity contribution in [3.8, 4) is 0 Å². The van der Waals surface area contributed by atoms with E-state index in [9.17, 15) is 9.90 Å². The van der Waals surface area contributed by atoms with Gasteiger partial charge in [0, 0.05) is 30.3 Å². The van der Waals surface area contributed by atoms with Gasteiger partial charge in [-0.1, -0.05) is 19.9 Å². The van der Waals surface area contributed by atoms with Gasteiger partial charge in [0.25, 0.3) is 0 Å². The van der Waals surface area contributed by atoms with Crippen molar-refractivity contribution in [3.63, 3.8) is 0 Å². The van der Waals surface area contributed by atoms with Crippen LogP contribution in [0, 0.1) is 12.3 Å². The first-order chi connectivity index (χ1) is 8.90. The van der Waals surface area contributed by atoms with Crippen LogP contribution >= 0.6 is 0 Å². The van der Waals surface area contributed by atoms with Gasteiger partial charge < -0.3 is 15.7 Å². The van der Waals surface area contributed by atoms with E-state index in [1.807, 2.05) is 32.0 Å². The maximum absolute atomic E-state index is 11.1. The standard InChI is InChI=1S/C15H24N2O2/c1-5-15(4,10-18)9-16-13-7-6-11(2)14(8-13)17-12(3)19/h6-8,16,18H,5,9-10H2,1-4H3,(H,17,19). The molecule has 19 heavy (non-hydrogen) atoms. The van der Waals surface area contributed by atoms with Gasteiger partial charge in [0.05, 0.1) is 6.61 Å². The molecule has 0 bridgehead atoms. The molecule has 0 fully saturated rings. The summed E-state index contributed by atoms with van der Waals surface area (Å²) in [5.41, 5.74) is 2.67. The van der Waals surface area contributed by atoms with E-state index in [4.69, 9.17) is 0 Å². The molecule has 3 N–H and O–H groups in total. The van der Waals surface area contributed by atoms with Crippen LogP contribution in [-0.2, 0) is 4.79 Å². The molecule has 1 atom stereocenters. The lowest BCUT2D eigenvalue weighted by atomic mass is 9.88. The quantitative estimate of drug-likeness (QED) is 0.740. The van der Waals surface area contributed by atoms with Crippen molar-refractivity contribution in [1.82, 2.24) is 0 Å². The highest BCUT2D eigenvalue weighted by atomic mass is 16.3. The summed E-state index contributed by atoms with van der Waals surface area (Å²) >= 11 is 0. The molecule has 106 valence electrons. The number of nitrogens with one attached hydrogen (secondary N) is 2. The summed E-state index contributed by atoms with van der Waals surface area (Å²) in [6.45, 7) is 8.42. The van der Waals surface area contributed by atoms with Crippen molar-refractivity contribution >= 4 is 17.3 Å². The number of carbonyl (C=O) groups is 1. The minimum atomic E-state index is -0.126. The Balaban J connectivity index is 2.77. The molecule has 0 spiro atoms. The molecule has 0 radical (unpaired) electrons. The van der Waals surface area contributed by atoms with E-state index in [-0.39, 0.29) is 17.9 Å². The molecule has 1 unspecified atom stereocenters. The molecule has 0 heterocycles. The van der Waals surface area contributed by atoms with Crippen molar-refractivity contribution in [2.45, 2.75) is 34.1 Å². The predicted molar refractivity (Wildman–Crippen MR) is 79.5 cm³/mol. The Labute approximate surface area is 115 Å². The van der Waals surface area contributed by atoms with E-state index in [0.717, 1.165) is 23.4 Å². The summed E-state index contributed by atoms with van der Waals surface area (Å²) < 4.78 is 0. The molecule has 1 aromatic carbocycles. The van der Waals surface area contributed by atoms with Gasteiger partial charge >= 0.3 is 0 Å². The third kappa shape index (κ3) is 4.56. The fraction of sp³-hybridized carbons (Fsp3) is 0.533. The SMILES string of the molecule is CCC(C)(CO)CNc1ccc(C)c(NC(C)=O)c1. The highest BCUT2D eigenvalue weighted by Gasteiger charge is 2.20. The molecule has 1 aromatic rings. The zero-order valence-electron chi connectivity index (χ0n) is 12.2. The van der Waals surface area contributed by atoms with Crippen LogP contribution in [0.1, 0.15) is 32.8 Å². The number of carbonyl (C=O) groups excluding carboxylic acids is 1. The van der Waals surface area contributed by atoms with Crippen LogP contribution in [0.2, 0.25) is 0 Å². The molecule has 0 saturated heterocycles. The average molecular weight is 264 g/mol. The fourth-order valence-corrected chi connectivity index (χ4v) is 1.66. The lowest BCUT2D eigenvalue weighted by Gasteiger charge is -2.26. The second-order valence-electron chi connectivity index (χ2n) is 5.39. The van der Waals surface area contributed by atoms with Gasteiger partial charge in [-0.2, -0.15) is 0 Å².